The largest absolute Gasteiger partial charge is 0.338 e. The third kappa shape index (κ3) is 5.66. The van der Waals surface area contributed by atoms with Gasteiger partial charge in [0.25, 0.3) is 0 Å². The molecule has 0 aromatic heterocycles. The molecule has 0 aliphatic heterocycles. The molecule has 2 N–H and O–H groups in total. The fourth-order valence-electron chi connectivity index (χ4n) is 0.480. The monoisotopic (exact) mass is 178 g/mol. The van der Waals surface area contributed by atoms with Crippen LogP contribution >= 0.6 is 11.6 Å². The molecule has 0 aliphatic carbocycles. The molecule has 4 nitrogen and oxygen atoms in total. The Morgan fingerprint density at radius 2 is 2.09 bits per heavy atom. The average molecular weight is 179 g/mol. The van der Waals surface area contributed by atoms with Crippen molar-refractivity contribution >= 4 is 23.5 Å². The minimum atomic E-state index is -0.470. The molecule has 0 fully saturated rings. The van der Waals surface area contributed by atoms with Gasteiger partial charge in [-0.05, 0) is 6.92 Å². The molecular weight excluding hydrogens is 168 g/mol. The lowest BCUT2D eigenvalue weighted by Crippen LogP contribution is -2.39. The number of alkyl halides is 1. The number of nitrogens with one attached hydrogen (secondary N) is 2. The number of hydrogen-bond acceptors (Lipinski definition) is 2. The first kappa shape index (κ1) is 10.2. The minimum Gasteiger partial charge on any atom is -0.338 e. The van der Waals surface area contributed by atoms with Crippen molar-refractivity contribution in [2.75, 3.05) is 12.4 Å². The van der Waals surface area contributed by atoms with Gasteiger partial charge in [-0.1, -0.05) is 0 Å². The summed E-state index contributed by atoms with van der Waals surface area (Å²) in [5.74, 6) is -0.128. The van der Waals surface area contributed by atoms with Crippen LogP contribution in [0.3, 0.4) is 0 Å². The van der Waals surface area contributed by atoms with Crippen molar-refractivity contribution in [1.82, 2.24) is 10.6 Å². The second kappa shape index (κ2) is 5.97. The Bertz CT molecular complexity index is 134. The van der Waals surface area contributed by atoms with Gasteiger partial charge in [0.2, 0.25) is 5.91 Å². The first-order valence-electron chi connectivity index (χ1n) is 3.34. The van der Waals surface area contributed by atoms with Crippen LogP contribution in [0.25, 0.3) is 0 Å². The van der Waals surface area contributed by atoms with Gasteiger partial charge < -0.3 is 5.32 Å². The van der Waals surface area contributed by atoms with Crippen molar-refractivity contribution in [3.63, 3.8) is 0 Å². The van der Waals surface area contributed by atoms with Crippen LogP contribution in [-0.4, -0.2) is 24.4 Å². The minimum absolute atomic E-state index is 0.165. The predicted molar refractivity (Wildman–Crippen MR) is 42.6 cm³/mol. The highest BCUT2D eigenvalue weighted by molar-refractivity contribution is 6.19. The first-order valence-corrected chi connectivity index (χ1v) is 3.87. The topological polar surface area (TPSA) is 58.2 Å². The smallest absolute Gasteiger partial charge is 0.321 e. The van der Waals surface area contributed by atoms with E-state index in [-0.39, 0.29) is 18.2 Å². The van der Waals surface area contributed by atoms with Gasteiger partial charge in [-0.2, -0.15) is 0 Å². The maximum absolute atomic E-state index is 10.7. The van der Waals surface area contributed by atoms with E-state index in [2.05, 4.69) is 10.6 Å². The molecule has 3 amide bonds. The van der Waals surface area contributed by atoms with E-state index in [1.807, 2.05) is 0 Å². The van der Waals surface area contributed by atoms with E-state index in [1.165, 1.54) is 0 Å². The van der Waals surface area contributed by atoms with E-state index in [9.17, 15) is 9.59 Å². The van der Waals surface area contributed by atoms with Crippen LogP contribution in [0.15, 0.2) is 0 Å². The molecule has 0 spiro atoms. The molecule has 64 valence electrons. The van der Waals surface area contributed by atoms with Gasteiger partial charge in [0.15, 0.2) is 0 Å². The summed E-state index contributed by atoms with van der Waals surface area (Å²) in [5, 5.41) is 4.53. The molecule has 5 heteroatoms. The molecular formula is C6H11ClN2O2. The number of halogens is 1. The van der Waals surface area contributed by atoms with Crippen LogP contribution in [0.4, 0.5) is 4.79 Å². The van der Waals surface area contributed by atoms with Gasteiger partial charge in [0.05, 0.1) is 0 Å². The molecule has 0 aromatic rings. The molecule has 0 rings (SSSR count). The van der Waals surface area contributed by atoms with Crippen molar-refractivity contribution in [2.45, 2.75) is 13.3 Å². The highest BCUT2D eigenvalue weighted by Gasteiger charge is 2.03. The highest BCUT2D eigenvalue weighted by atomic mass is 35.5. The maximum atomic E-state index is 10.7. The maximum Gasteiger partial charge on any atom is 0.321 e. The van der Waals surface area contributed by atoms with Gasteiger partial charge in [-0.15, -0.1) is 11.6 Å². The van der Waals surface area contributed by atoms with Crippen LogP contribution in [0.5, 0.6) is 0 Å². The molecule has 0 unspecified atom stereocenters. The van der Waals surface area contributed by atoms with Crippen molar-refractivity contribution in [3.05, 3.63) is 0 Å². The number of amides is 3. The van der Waals surface area contributed by atoms with Crippen LogP contribution in [0.1, 0.15) is 13.3 Å². The fraction of sp³-hybridized carbons (Fsp3) is 0.667. The van der Waals surface area contributed by atoms with Crippen LogP contribution in [0.2, 0.25) is 0 Å². The summed E-state index contributed by atoms with van der Waals surface area (Å²) in [4.78, 5) is 21.3. The van der Waals surface area contributed by atoms with Gasteiger partial charge in [-0.25, -0.2) is 4.79 Å². The van der Waals surface area contributed by atoms with E-state index < -0.39 is 6.03 Å². The Hall–Kier alpha value is -0.770. The predicted octanol–water partition coefficient (Wildman–Crippen LogP) is 0.461. The summed E-state index contributed by atoms with van der Waals surface area (Å²) in [6.07, 6.45) is 0.165. The van der Waals surface area contributed by atoms with Crippen LogP contribution < -0.4 is 10.6 Å². The van der Waals surface area contributed by atoms with Crippen LogP contribution in [0, 0.1) is 0 Å². The fourth-order valence-corrected chi connectivity index (χ4v) is 0.651. The second-order valence-corrected chi connectivity index (χ2v) is 2.22. The number of carbonyl (C=O) groups is 2. The Morgan fingerprint density at radius 1 is 1.45 bits per heavy atom. The van der Waals surface area contributed by atoms with Gasteiger partial charge >= 0.3 is 6.03 Å². The van der Waals surface area contributed by atoms with E-state index >= 15 is 0 Å². The lowest BCUT2D eigenvalue weighted by molar-refractivity contribution is -0.119. The lowest BCUT2D eigenvalue weighted by atomic mass is 10.4. The number of hydrogen-bond donors (Lipinski definition) is 2. The zero-order chi connectivity index (χ0) is 8.69. The number of urea groups is 1. The number of rotatable bonds is 3. The molecule has 0 aliphatic rings. The summed E-state index contributed by atoms with van der Waals surface area (Å²) in [5.41, 5.74) is 0. The van der Waals surface area contributed by atoms with Crippen molar-refractivity contribution in [3.8, 4) is 0 Å². The molecule has 0 aromatic carbocycles. The van der Waals surface area contributed by atoms with Crippen molar-refractivity contribution in [2.24, 2.45) is 0 Å². The lowest BCUT2D eigenvalue weighted by Gasteiger charge is -2.01. The first-order chi connectivity index (χ1) is 5.20. The Kier molecular flexibility index (Phi) is 5.56. The Morgan fingerprint density at radius 3 is 2.55 bits per heavy atom. The molecule has 0 radical (unpaired) electrons. The summed E-state index contributed by atoms with van der Waals surface area (Å²) in [6.45, 7) is 2.27. The van der Waals surface area contributed by atoms with E-state index in [0.29, 0.717) is 6.54 Å². The molecule has 11 heavy (non-hydrogen) atoms. The summed E-state index contributed by atoms with van der Waals surface area (Å²) < 4.78 is 0. The van der Waals surface area contributed by atoms with E-state index in [1.54, 1.807) is 6.92 Å². The van der Waals surface area contributed by atoms with Crippen molar-refractivity contribution in [1.29, 1.82) is 0 Å². The van der Waals surface area contributed by atoms with Gasteiger partial charge in [0, 0.05) is 18.8 Å². The van der Waals surface area contributed by atoms with Crippen LogP contribution in [-0.2, 0) is 4.79 Å². The third-order valence-corrected chi connectivity index (χ3v) is 1.10. The van der Waals surface area contributed by atoms with E-state index in [4.69, 9.17) is 11.6 Å². The molecule has 0 heterocycles. The van der Waals surface area contributed by atoms with Crippen molar-refractivity contribution < 1.29 is 9.59 Å². The summed E-state index contributed by atoms with van der Waals surface area (Å²) in [7, 11) is 0. The summed E-state index contributed by atoms with van der Waals surface area (Å²) >= 11 is 5.26. The Balaban J connectivity index is 3.49. The Labute approximate surface area is 70.3 Å². The number of carbonyl (C=O) groups excluding carboxylic acids is 2. The standard InChI is InChI=1S/C6H11ClN2O2/c1-2-8-6(11)9-5(10)3-4-7/h2-4H2,1H3,(H2,8,9,10,11). The number of imide groups is 1. The third-order valence-electron chi connectivity index (χ3n) is 0.912. The zero-order valence-electron chi connectivity index (χ0n) is 6.32. The molecule has 0 saturated carbocycles. The average Bonchev–Trinajstić information content (AvgIpc) is 1.87. The van der Waals surface area contributed by atoms with Gasteiger partial charge in [0.1, 0.15) is 0 Å². The SMILES string of the molecule is CCNC(=O)NC(=O)CCCl. The van der Waals surface area contributed by atoms with E-state index in [0.717, 1.165) is 0 Å². The molecule has 0 saturated heterocycles. The quantitative estimate of drug-likeness (QED) is 0.617. The molecule has 0 bridgehead atoms. The highest BCUT2D eigenvalue weighted by Crippen LogP contribution is 1.83. The normalized spacial score (nSPS) is 8.91. The van der Waals surface area contributed by atoms with Gasteiger partial charge in [-0.3, -0.25) is 10.1 Å². The second-order valence-electron chi connectivity index (χ2n) is 1.85. The summed E-state index contributed by atoms with van der Waals surface area (Å²) in [6, 6.07) is -0.470. The zero-order valence-corrected chi connectivity index (χ0v) is 7.07. The molecule has 0 atom stereocenters.